The first-order valence-electron chi connectivity index (χ1n) is 6.71. The molecule has 0 N–H and O–H groups in total. The molecule has 2 atom stereocenters. The predicted molar refractivity (Wildman–Crippen MR) is 73.1 cm³/mol. The van der Waals surface area contributed by atoms with Crippen LogP contribution in [-0.4, -0.2) is 13.3 Å². The SMILES string of the molecule is [C-]#[N+]C1(S(=O)(=O)c2ccc(C)cc2)CCC1C1CC1. The minimum atomic E-state index is -3.54. The number of benzene rings is 1. The molecule has 2 fully saturated rings. The maximum atomic E-state index is 12.8. The molecule has 2 aliphatic carbocycles. The van der Waals surface area contributed by atoms with E-state index in [9.17, 15) is 8.42 Å². The summed E-state index contributed by atoms with van der Waals surface area (Å²) >= 11 is 0. The summed E-state index contributed by atoms with van der Waals surface area (Å²) in [5.41, 5.74) is 1.03. The van der Waals surface area contributed by atoms with Gasteiger partial charge in [0.05, 0.1) is 10.8 Å². The molecule has 1 aromatic carbocycles. The van der Waals surface area contributed by atoms with Crippen LogP contribution in [0.5, 0.6) is 0 Å². The molecule has 0 spiro atoms. The van der Waals surface area contributed by atoms with Crippen molar-refractivity contribution in [1.29, 1.82) is 0 Å². The van der Waals surface area contributed by atoms with Gasteiger partial charge in [0.25, 0.3) is 9.84 Å². The summed E-state index contributed by atoms with van der Waals surface area (Å²) in [7, 11) is -3.54. The fourth-order valence-corrected chi connectivity index (χ4v) is 5.23. The summed E-state index contributed by atoms with van der Waals surface area (Å²) in [6.45, 7) is 9.38. The highest BCUT2D eigenvalue weighted by Crippen LogP contribution is 2.58. The van der Waals surface area contributed by atoms with Crippen molar-refractivity contribution in [2.45, 2.75) is 42.4 Å². The van der Waals surface area contributed by atoms with Crippen LogP contribution in [0.3, 0.4) is 0 Å². The second kappa shape index (κ2) is 4.08. The molecule has 2 unspecified atom stereocenters. The molecule has 3 rings (SSSR count). The second-order valence-electron chi connectivity index (χ2n) is 5.76. The average Bonchev–Trinajstić information content (AvgIpc) is 3.13. The van der Waals surface area contributed by atoms with Crippen LogP contribution in [0.25, 0.3) is 4.85 Å². The highest BCUT2D eigenvalue weighted by Gasteiger charge is 2.67. The largest absolute Gasteiger partial charge is 0.336 e. The monoisotopic (exact) mass is 275 g/mol. The molecule has 3 nitrogen and oxygen atoms in total. The van der Waals surface area contributed by atoms with E-state index in [-0.39, 0.29) is 5.92 Å². The second-order valence-corrected chi connectivity index (χ2v) is 7.94. The van der Waals surface area contributed by atoms with Gasteiger partial charge < -0.3 is 0 Å². The topological polar surface area (TPSA) is 38.5 Å². The first-order valence-corrected chi connectivity index (χ1v) is 8.19. The molecule has 0 bridgehead atoms. The molecule has 0 amide bonds. The van der Waals surface area contributed by atoms with Crippen LogP contribution in [0.2, 0.25) is 0 Å². The molecule has 100 valence electrons. The quantitative estimate of drug-likeness (QED) is 0.795. The van der Waals surface area contributed by atoms with Gasteiger partial charge in [0.15, 0.2) is 0 Å². The molecule has 2 aliphatic rings. The normalized spacial score (nSPS) is 30.4. The summed E-state index contributed by atoms with van der Waals surface area (Å²) in [4.78, 5) is 2.73. The summed E-state index contributed by atoms with van der Waals surface area (Å²) < 4.78 is 25.6. The molecule has 2 saturated carbocycles. The lowest BCUT2D eigenvalue weighted by molar-refractivity contribution is 0.215. The molecule has 0 heterocycles. The van der Waals surface area contributed by atoms with Crippen molar-refractivity contribution in [2.24, 2.45) is 11.8 Å². The molecule has 0 aliphatic heterocycles. The third-order valence-corrected chi connectivity index (χ3v) is 6.99. The minimum absolute atomic E-state index is 0.0521. The highest BCUT2D eigenvalue weighted by molar-refractivity contribution is 7.93. The van der Waals surface area contributed by atoms with Crippen LogP contribution in [0.1, 0.15) is 31.2 Å². The highest BCUT2D eigenvalue weighted by atomic mass is 32.2. The van der Waals surface area contributed by atoms with Crippen LogP contribution in [0, 0.1) is 25.3 Å². The maximum Gasteiger partial charge on any atom is 0.336 e. The van der Waals surface area contributed by atoms with E-state index in [2.05, 4.69) is 4.85 Å². The lowest BCUT2D eigenvalue weighted by Gasteiger charge is -2.38. The Morgan fingerprint density at radius 3 is 2.26 bits per heavy atom. The zero-order valence-corrected chi connectivity index (χ0v) is 11.8. The summed E-state index contributed by atoms with van der Waals surface area (Å²) in [6, 6.07) is 6.88. The van der Waals surface area contributed by atoms with Crippen molar-refractivity contribution < 1.29 is 8.42 Å². The van der Waals surface area contributed by atoms with Crippen LogP contribution in [0.4, 0.5) is 0 Å². The molecular formula is C15H17NO2S. The fourth-order valence-electron chi connectivity index (χ4n) is 3.11. The van der Waals surface area contributed by atoms with E-state index < -0.39 is 14.7 Å². The molecule has 0 saturated heterocycles. The van der Waals surface area contributed by atoms with E-state index in [1.54, 1.807) is 24.3 Å². The van der Waals surface area contributed by atoms with Crippen LogP contribution >= 0.6 is 0 Å². The number of rotatable bonds is 3. The van der Waals surface area contributed by atoms with Gasteiger partial charge in [-0.2, -0.15) is 0 Å². The number of hydrogen-bond donors (Lipinski definition) is 0. The van der Waals surface area contributed by atoms with E-state index >= 15 is 0 Å². The van der Waals surface area contributed by atoms with Crippen LogP contribution < -0.4 is 0 Å². The van der Waals surface area contributed by atoms with Gasteiger partial charge >= 0.3 is 4.87 Å². The van der Waals surface area contributed by atoms with Gasteiger partial charge in [0, 0.05) is 6.42 Å². The summed E-state index contributed by atoms with van der Waals surface area (Å²) in [5, 5.41) is 0. The Balaban J connectivity index is 2.03. The standard InChI is InChI=1S/C15H17NO2S/c1-11-3-7-13(8-4-11)19(17,18)15(16-2)10-9-14(15)12-5-6-12/h3-4,7-8,12,14H,5-6,9-10H2,1H3. The van der Waals surface area contributed by atoms with Gasteiger partial charge in [0.2, 0.25) is 0 Å². The first-order chi connectivity index (χ1) is 9.01. The summed E-state index contributed by atoms with van der Waals surface area (Å²) in [5.74, 6) is 0.513. The Kier molecular flexibility index (Phi) is 2.72. The van der Waals surface area contributed by atoms with Crippen LogP contribution in [0.15, 0.2) is 29.2 Å². The average molecular weight is 275 g/mol. The van der Waals surface area contributed by atoms with Crippen molar-refractivity contribution in [1.82, 2.24) is 0 Å². The van der Waals surface area contributed by atoms with E-state index in [1.165, 1.54) is 0 Å². The predicted octanol–water partition coefficient (Wildman–Crippen LogP) is 3.20. The number of nitrogens with zero attached hydrogens (tertiary/aromatic N) is 1. The smallest absolute Gasteiger partial charge is 0.293 e. The molecule has 0 aromatic heterocycles. The maximum absolute atomic E-state index is 12.8. The molecular weight excluding hydrogens is 258 g/mol. The molecule has 1 aromatic rings. The third kappa shape index (κ3) is 1.72. The fraction of sp³-hybridized carbons (Fsp3) is 0.533. The van der Waals surface area contributed by atoms with Crippen molar-refractivity contribution >= 4 is 9.84 Å². The lowest BCUT2D eigenvalue weighted by atomic mass is 9.76. The van der Waals surface area contributed by atoms with Crippen molar-refractivity contribution in [3.8, 4) is 0 Å². The van der Waals surface area contributed by atoms with Crippen LogP contribution in [-0.2, 0) is 9.84 Å². The number of hydrogen-bond acceptors (Lipinski definition) is 2. The first kappa shape index (κ1) is 12.7. The van der Waals surface area contributed by atoms with Crippen molar-refractivity contribution in [3.63, 3.8) is 0 Å². The zero-order chi connectivity index (χ0) is 13.7. The Morgan fingerprint density at radius 1 is 1.21 bits per heavy atom. The van der Waals surface area contributed by atoms with E-state index in [4.69, 9.17) is 6.57 Å². The van der Waals surface area contributed by atoms with E-state index in [0.29, 0.717) is 17.2 Å². The van der Waals surface area contributed by atoms with Gasteiger partial charge in [0.1, 0.15) is 0 Å². The molecule has 19 heavy (non-hydrogen) atoms. The van der Waals surface area contributed by atoms with Gasteiger partial charge in [-0.25, -0.2) is 15.0 Å². The van der Waals surface area contributed by atoms with Crippen molar-refractivity contribution in [3.05, 3.63) is 41.2 Å². The number of aryl methyl sites for hydroxylation is 1. The third-order valence-electron chi connectivity index (χ3n) is 4.57. The molecule has 0 radical (unpaired) electrons. The van der Waals surface area contributed by atoms with Gasteiger partial charge in [-0.1, -0.05) is 17.7 Å². The lowest BCUT2D eigenvalue weighted by Crippen LogP contribution is -2.51. The summed E-state index contributed by atoms with van der Waals surface area (Å²) in [6.07, 6.45) is 3.56. The van der Waals surface area contributed by atoms with E-state index in [1.807, 2.05) is 6.92 Å². The van der Waals surface area contributed by atoms with Gasteiger partial charge in [-0.15, -0.1) is 0 Å². The molecule has 4 heteroatoms. The van der Waals surface area contributed by atoms with Gasteiger partial charge in [-0.3, -0.25) is 4.85 Å². The minimum Gasteiger partial charge on any atom is -0.293 e. The van der Waals surface area contributed by atoms with Gasteiger partial charge in [-0.05, 0) is 44.2 Å². The Labute approximate surface area is 114 Å². The Bertz CT molecular complexity index is 638. The number of sulfone groups is 1. The van der Waals surface area contributed by atoms with E-state index in [0.717, 1.165) is 24.8 Å². The zero-order valence-electron chi connectivity index (χ0n) is 11.0. The van der Waals surface area contributed by atoms with Crippen molar-refractivity contribution in [2.75, 3.05) is 0 Å². The Morgan fingerprint density at radius 2 is 1.84 bits per heavy atom. The Hall–Kier alpha value is -1.34.